The largest absolute Gasteiger partial charge is 0.490 e. The average molecular weight is 535 g/mol. The zero-order valence-corrected chi connectivity index (χ0v) is 22.4. The lowest BCUT2D eigenvalue weighted by atomic mass is 10.1. The van der Waals surface area contributed by atoms with Gasteiger partial charge in [-0.2, -0.15) is 4.98 Å². The van der Waals surface area contributed by atoms with Gasteiger partial charge in [0, 0.05) is 12.7 Å². The maximum Gasteiger partial charge on any atom is 0.347 e. The van der Waals surface area contributed by atoms with Gasteiger partial charge in [0.1, 0.15) is 17.7 Å². The van der Waals surface area contributed by atoms with Crippen molar-refractivity contribution in [2.24, 2.45) is 0 Å². The zero-order valence-electron chi connectivity index (χ0n) is 22.4. The number of carbonyl (C=O) groups excluding carboxylic acids is 1. The highest BCUT2D eigenvalue weighted by atomic mass is 16.5. The number of carboxylic acid groups (broad SMARTS) is 1. The van der Waals surface area contributed by atoms with E-state index in [0.717, 1.165) is 36.4 Å². The van der Waals surface area contributed by atoms with Crippen molar-refractivity contribution in [3.63, 3.8) is 0 Å². The van der Waals surface area contributed by atoms with Crippen molar-refractivity contribution in [3.05, 3.63) is 66.4 Å². The van der Waals surface area contributed by atoms with E-state index in [0.29, 0.717) is 30.7 Å². The number of anilines is 2. The van der Waals surface area contributed by atoms with Crippen LogP contribution in [0.4, 0.5) is 11.8 Å². The summed E-state index contributed by atoms with van der Waals surface area (Å²) in [6.45, 7) is 6.87. The van der Waals surface area contributed by atoms with Crippen molar-refractivity contribution >= 4 is 23.6 Å². The van der Waals surface area contributed by atoms with Crippen LogP contribution in [0.25, 0.3) is 0 Å². The number of carboxylic acids is 1. The Balaban J connectivity index is 1.34. The Morgan fingerprint density at radius 2 is 1.85 bits per heavy atom. The number of nitrogens with zero attached hydrogens (tertiary/aromatic N) is 3. The molecule has 4 rings (SSSR count). The van der Waals surface area contributed by atoms with E-state index in [9.17, 15) is 14.7 Å². The third-order valence-corrected chi connectivity index (χ3v) is 6.19. The normalized spacial score (nSPS) is 15.4. The van der Waals surface area contributed by atoms with E-state index in [2.05, 4.69) is 20.2 Å². The van der Waals surface area contributed by atoms with Gasteiger partial charge in [-0.15, -0.1) is 0 Å². The topological polar surface area (TPSA) is 123 Å². The fourth-order valence-electron chi connectivity index (χ4n) is 4.17. The molecular weight excluding hydrogens is 500 g/mol. The first kappa shape index (κ1) is 27.7. The number of hydrogen-bond acceptors (Lipinski definition) is 8. The molecule has 2 heterocycles. The highest BCUT2D eigenvalue weighted by molar-refractivity contribution is 5.91. The molecule has 3 aromatic rings. The molecule has 1 amide bonds. The quantitative estimate of drug-likeness (QED) is 0.370. The number of benzene rings is 2. The lowest BCUT2D eigenvalue weighted by Gasteiger charge is -2.33. The van der Waals surface area contributed by atoms with E-state index in [4.69, 9.17) is 14.2 Å². The van der Waals surface area contributed by atoms with Gasteiger partial charge in [0.25, 0.3) is 0 Å². The van der Waals surface area contributed by atoms with Crippen LogP contribution in [-0.2, 0) is 16.0 Å². The van der Waals surface area contributed by atoms with Gasteiger partial charge in [-0.3, -0.25) is 4.79 Å². The van der Waals surface area contributed by atoms with Gasteiger partial charge in [0.2, 0.25) is 11.9 Å². The predicted octanol–water partition coefficient (Wildman–Crippen LogP) is 4.35. The molecule has 0 spiro atoms. The summed E-state index contributed by atoms with van der Waals surface area (Å²) in [6, 6.07) is 16.1. The Bertz CT molecular complexity index is 1280. The van der Waals surface area contributed by atoms with Crippen LogP contribution >= 0.6 is 0 Å². The third kappa shape index (κ3) is 7.59. The Labute approximate surface area is 227 Å². The number of carbonyl (C=O) groups is 2. The van der Waals surface area contributed by atoms with E-state index in [1.165, 1.54) is 13.8 Å². The summed E-state index contributed by atoms with van der Waals surface area (Å²) in [7, 11) is 0. The molecule has 0 radical (unpaired) electrons. The molecule has 1 aliphatic rings. The van der Waals surface area contributed by atoms with E-state index in [1.54, 1.807) is 36.5 Å². The molecule has 1 atom stereocenters. The molecule has 39 heavy (non-hydrogen) atoms. The summed E-state index contributed by atoms with van der Waals surface area (Å²) in [5, 5.41) is 12.1. The van der Waals surface area contributed by atoms with Crippen molar-refractivity contribution in [2.75, 3.05) is 29.9 Å². The second kappa shape index (κ2) is 12.5. The van der Waals surface area contributed by atoms with Gasteiger partial charge in [-0.05, 0) is 69.5 Å². The van der Waals surface area contributed by atoms with Crippen molar-refractivity contribution in [3.8, 4) is 17.2 Å². The van der Waals surface area contributed by atoms with Gasteiger partial charge in [0.15, 0.2) is 17.1 Å². The molecule has 0 bridgehead atoms. The predicted molar refractivity (Wildman–Crippen MR) is 147 cm³/mol. The number of para-hydroxylation sites is 2. The SMILES string of the molecule is CCOc1ccccc1O[C@@H]1CCCN(c2nccc(NC(=O)Cc3ccc(OC(C)(C)C(=O)O)cc3)n2)C1. The van der Waals surface area contributed by atoms with Crippen LogP contribution in [0.2, 0.25) is 0 Å². The van der Waals surface area contributed by atoms with Crippen LogP contribution < -0.4 is 24.4 Å². The molecule has 2 aromatic carbocycles. The molecule has 10 heteroatoms. The van der Waals surface area contributed by atoms with Crippen molar-refractivity contribution < 1.29 is 28.9 Å². The lowest BCUT2D eigenvalue weighted by molar-refractivity contribution is -0.152. The number of rotatable bonds is 11. The van der Waals surface area contributed by atoms with Gasteiger partial charge in [0.05, 0.1) is 19.6 Å². The Kier molecular flexibility index (Phi) is 8.85. The minimum atomic E-state index is -1.35. The molecule has 1 saturated heterocycles. The van der Waals surface area contributed by atoms with Crippen LogP contribution in [0.15, 0.2) is 60.8 Å². The molecule has 1 fully saturated rings. The number of amides is 1. The number of aliphatic carboxylic acids is 1. The summed E-state index contributed by atoms with van der Waals surface area (Å²) < 4.78 is 17.5. The maximum absolute atomic E-state index is 12.7. The van der Waals surface area contributed by atoms with Crippen molar-refractivity contribution in [2.45, 2.75) is 51.7 Å². The molecule has 0 saturated carbocycles. The highest BCUT2D eigenvalue weighted by Crippen LogP contribution is 2.30. The van der Waals surface area contributed by atoms with E-state index in [1.807, 2.05) is 31.2 Å². The van der Waals surface area contributed by atoms with Gasteiger partial charge in [-0.25, -0.2) is 9.78 Å². The van der Waals surface area contributed by atoms with Crippen molar-refractivity contribution in [1.82, 2.24) is 9.97 Å². The van der Waals surface area contributed by atoms with Crippen LogP contribution in [0.1, 0.15) is 39.2 Å². The minimum Gasteiger partial charge on any atom is -0.490 e. The highest BCUT2D eigenvalue weighted by Gasteiger charge is 2.29. The fraction of sp³-hybridized carbons (Fsp3) is 0.379. The number of aromatic nitrogens is 2. The lowest BCUT2D eigenvalue weighted by Crippen LogP contribution is -2.42. The van der Waals surface area contributed by atoms with Crippen molar-refractivity contribution in [1.29, 1.82) is 0 Å². The first-order valence-corrected chi connectivity index (χ1v) is 13.0. The summed E-state index contributed by atoms with van der Waals surface area (Å²) >= 11 is 0. The van der Waals surface area contributed by atoms with E-state index < -0.39 is 11.6 Å². The molecule has 1 aliphatic heterocycles. The smallest absolute Gasteiger partial charge is 0.347 e. The zero-order chi connectivity index (χ0) is 27.8. The summed E-state index contributed by atoms with van der Waals surface area (Å²) in [5.74, 6) is 1.51. The average Bonchev–Trinajstić information content (AvgIpc) is 2.91. The van der Waals surface area contributed by atoms with Crippen LogP contribution in [-0.4, -0.2) is 58.4 Å². The monoisotopic (exact) mass is 534 g/mol. The number of nitrogens with one attached hydrogen (secondary N) is 1. The summed E-state index contributed by atoms with van der Waals surface area (Å²) in [4.78, 5) is 35.0. The Morgan fingerprint density at radius 1 is 1.10 bits per heavy atom. The molecule has 206 valence electrons. The second-order valence-electron chi connectivity index (χ2n) is 9.74. The van der Waals surface area contributed by atoms with Crippen LogP contribution in [0.3, 0.4) is 0 Å². The second-order valence-corrected chi connectivity index (χ2v) is 9.74. The van der Waals surface area contributed by atoms with Crippen LogP contribution in [0.5, 0.6) is 17.2 Å². The molecular formula is C29H34N4O6. The van der Waals surface area contributed by atoms with Crippen LogP contribution in [0, 0.1) is 0 Å². The summed E-state index contributed by atoms with van der Waals surface area (Å²) in [5.41, 5.74) is -0.594. The number of hydrogen-bond donors (Lipinski definition) is 2. The first-order chi connectivity index (χ1) is 18.7. The maximum atomic E-state index is 12.7. The van der Waals surface area contributed by atoms with Gasteiger partial charge in [-0.1, -0.05) is 24.3 Å². The molecule has 0 unspecified atom stereocenters. The van der Waals surface area contributed by atoms with E-state index >= 15 is 0 Å². The molecule has 2 N–H and O–H groups in total. The molecule has 0 aliphatic carbocycles. The molecule has 1 aromatic heterocycles. The standard InChI is InChI=1S/C29H34N4O6/c1-4-37-23-9-5-6-10-24(23)38-22-8-7-17-33(19-22)28-30-16-15-25(32-28)31-26(34)18-20-11-13-21(14-12-20)39-29(2,3)27(35)36/h5-6,9-16,22H,4,7-8,17-19H2,1-3H3,(H,35,36)(H,30,31,32,34)/t22-/m1/s1. The summed E-state index contributed by atoms with van der Waals surface area (Å²) in [6.07, 6.45) is 3.54. The van der Waals surface area contributed by atoms with E-state index in [-0.39, 0.29) is 18.4 Å². The third-order valence-electron chi connectivity index (χ3n) is 6.19. The van der Waals surface area contributed by atoms with Gasteiger partial charge < -0.3 is 29.5 Å². The number of ether oxygens (including phenoxy) is 3. The fourth-order valence-corrected chi connectivity index (χ4v) is 4.17. The minimum absolute atomic E-state index is 0.0461. The Hall–Kier alpha value is -4.34. The Morgan fingerprint density at radius 3 is 2.56 bits per heavy atom. The van der Waals surface area contributed by atoms with Gasteiger partial charge >= 0.3 is 5.97 Å². The number of piperidine rings is 1. The first-order valence-electron chi connectivity index (χ1n) is 13.0. The molecule has 10 nitrogen and oxygen atoms in total.